The zero-order valence-corrected chi connectivity index (χ0v) is 9.72. The minimum Gasteiger partial charge on any atom is -0.0961 e. The van der Waals surface area contributed by atoms with Crippen LogP contribution in [0.15, 0.2) is 30.4 Å². The van der Waals surface area contributed by atoms with Crippen LogP contribution in [0.3, 0.4) is 0 Å². The van der Waals surface area contributed by atoms with Gasteiger partial charge in [-0.2, -0.15) is 0 Å². The third kappa shape index (κ3) is 5.90. The number of hydrogen-bond donors (Lipinski definition) is 0. The van der Waals surface area contributed by atoms with Crippen molar-refractivity contribution in [2.75, 3.05) is 0 Å². The van der Waals surface area contributed by atoms with Crippen LogP contribution in [-0.2, 0) is 0 Å². The summed E-state index contributed by atoms with van der Waals surface area (Å²) in [5, 5.41) is 2.23. The van der Waals surface area contributed by atoms with Gasteiger partial charge in [0.2, 0.25) is 0 Å². The first-order chi connectivity index (χ1) is 6.59. The van der Waals surface area contributed by atoms with E-state index < -0.39 is 0 Å². The predicted molar refractivity (Wildman–Crippen MR) is 73.3 cm³/mol. The Balaban J connectivity index is 0. The van der Waals surface area contributed by atoms with E-state index in [1.165, 1.54) is 10.8 Å². The maximum atomic E-state index is 3.94. The molecule has 0 atom stereocenters. The Bertz CT molecular complexity index is 397. The van der Waals surface area contributed by atoms with Gasteiger partial charge in [-0.15, -0.1) is 0 Å². The van der Waals surface area contributed by atoms with Crippen molar-refractivity contribution in [2.24, 2.45) is 0 Å². The quantitative estimate of drug-likeness (QED) is 0.657. The smallest absolute Gasteiger partial charge is 0.0185 e. The zero-order valence-electron chi connectivity index (χ0n) is 9.72. The summed E-state index contributed by atoms with van der Waals surface area (Å²) < 4.78 is 0. The van der Waals surface area contributed by atoms with E-state index in [1.54, 1.807) is 0 Å². The maximum Gasteiger partial charge on any atom is -0.0185 e. The molecule has 0 radical (unpaired) electrons. The highest BCUT2D eigenvalue weighted by molar-refractivity contribution is 5.44. The Morgan fingerprint density at radius 2 is 1.80 bits per heavy atom. The van der Waals surface area contributed by atoms with Gasteiger partial charge in [-0.1, -0.05) is 69.8 Å². The summed E-state index contributed by atoms with van der Waals surface area (Å²) in [4.78, 5) is 0. The molecule has 0 amide bonds. The average molecular weight is 204 g/mol. The van der Waals surface area contributed by atoms with Crippen LogP contribution in [0.25, 0.3) is 12.7 Å². The third-order valence-electron chi connectivity index (χ3n) is 1.70. The molecule has 0 aliphatic carbocycles. The van der Waals surface area contributed by atoms with Gasteiger partial charge in [0, 0.05) is 0 Å². The molecule has 1 aromatic rings. The normalized spacial score (nSPS) is 9.73. The van der Waals surface area contributed by atoms with Crippen molar-refractivity contribution < 1.29 is 0 Å². The molecule has 0 aliphatic rings. The Morgan fingerprint density at radius 3 is 2.27 bits per heavy atom. The molecule has 1 rings (SSSR count). The molecule has 0 spiro atoms. The van der Waals surface area contributed by atoms with Crippen molar-refractivity contribution in [1.29, 1.82) is 0 Å². The fourth-order valence-electron chi connectivity index (χ4n) is 1.11. The molecule has 1 aromatic carbocycles. The van der Waals surface area contributed by atoms with Gasteiger partial charge in [0.25, 0.3) is 0 Å². The van der Waals surface area contributed by atoms with Gasteiger partial charge in [-0.25, -0.2) is 0 Å². The van der Waals surface area contributed by atoms with Crippen LogP contribution < -0.4 is 10.4 Å². The topological polar surface area (TPSA) is 0 Å². The van der Waals surface area contributed by atoms with Crippen LogP contribution in [0.2, 0.25) is 0 Å². The van der Waals surface area contributed by atoms with Crippen LogP contribution >= 0.6 is 0 Å². The van der Waals surface area contributed by atoms with E-state index in [0.717, 1.165) is 10.8 Å². The minimum atomic E-state index is 0. The van der Waals surface area contributed by atoms with Gasteiger partial charge in [0.1, 0.15) is 0 Å². The molecular weight excluding hydrogens is 180 g/mol. The van der Waals surface area contributed by atoms with Gasteiger partial charge in [0.05, 0.1) is 0 Å². The molecule has 84 valence electrons. The second-order valence-electron chi connectivity index (χ2n) is 3.19. The maximum absolute atomic E-state index is 3.94. The van der Waals surface area contributed by atoms with E-state index in [9.17, 15) is 0 Å². The molecule has 0 heteroatoms. The summed E-state index contributed by atoms with van der Waals surface area (Å²) >= 11 is 0. The fourth-order valence-corrected chi connectivity index (χ4v) is 1.11. The molecule has 0 nitrogen and oxygen atoms in total. The second kappa shape index (κ2) is 8.05. The molecule has 0 unspecified atom stereocenters. The Morgan fingerprint density at radius 1 is 1.27 bits per heavy atom. The first-order valence-electron chi connectivity index (χ1n) is 5.02. The zero-order chi connectivity index (χ0) is 11.1. The number of allylic oxidation sites excluding steroid dienone is 1. The molecule has 0 heterocycles. The number of rotatable bonds is 1. The number of aryl methyl sites for hydroxylation is 1. The van der Waals surface area contributed by atoms with Gasteiger partial charge in [-0.3, -0.25) is 0 Å². The Labute approximate surface area is 94.7 Å². The summed E-state index contributed by atoms with van der Waals surface area (Å²) in [6.45, 7) is 15.8. The number of hydrogen-bond acceptors (Lipinski definition) is 0. The van der Waals surface area contributed by atoms with E-state index in [1.807, 2.05) is 26.8 Å². The van der Waals surface area contributed by atoms with Gasteiger partial charge < -0.3 is 0 Å². The minimum absolute atomic E-state index is 0. The summed E-state index contributed by atoms with van der Waals surface area (Å²) in [7, 11) is 0. The predicted octanol–water partition coefficient (Wildman–Crippen LogP) is 3.42. The summed E-state index contributed by atoms with van der Waals surface area (Å²) in [5.41, 5.74) is 2.32. The van der Waals surface area contributed by atoms with Gasteiger partial charge >= 0.3 is 0 Å². The molecule has 0 bridgehead atoms. The number of benzene rings is 1. The van der Waals surface area contributed by atoms with E-state index in [-0.39, 0.29) is 7.43 Å². The van der Waals surface area contributed by atoms with Crippen molar-refractivity contribution in [2.45, 2.75) is 35.1 Å². The SMILES string of the molecule is C.C=C(C)/C=c1/cc(C)ccc1=C.CC. The highest BCUT2D eigenvalue weighted by atomic mass is 13.9. The van der Waals surface area contributed by atoms with Crippen molar-refractivity contribution >= 4 is 12.7 Å². The standard InChI is InChI=1S/C12H14.C2H6.CH4/c1-9(2)7-12-8-10(3)5-6-11(12)4;1-2;/h5-8H,1,4H2,2-3H3;1-2H3;1H4/b12-7-;;. The molecule has 0 aliphatic heterocycles. The van der Waals surface area contributed by atoms with Crippen LogP contribution in [0.1, 0.15) is 33.8 Å². The lowest BCUT2D eigenvalue weighted by Gasteiger charge is -1.93. The summed E-state index contributed by atoms with van der Waals surface area (Å²) in [6, 6.07) is 6.22. The van der Waals surface area contributed by atoms with Crippen molar-refractivity contribution in [3.05, 3.63) is 46.4 Å². The molecule has 0 fully saturated rings. The first kappa shape index (κ1) is 16.1. The van der Waals surface area contributed by atoms with Gasteiger partial charge in [-0.05, 0) is 24.3 Å². The molecule has 0 N–H and O–H groups in total. The Kier molecular flexibility index (Phi) is 8.66. The largest absolute Gasteiger partial charge is 0.0961 e. The highest BCUT2D eigenvalue weighted by Gasteiger charge is 1.85. The van der Waals surface area contributed by atoms with Gasteiger partial charge in [0.15, 0.2) is 0 Å². The molecule has 0 saturated heterocycles. The third-order valence-corrected chi connectivity index (χ3v) is 1.70. The fraction of sp³-hybridized carbons (Fsp3) is 0.333. The van der Waals surface area contributed by atoms with Crippen LogP contribution in [-0.4, -0.2) is 0 Å². The van der Waals surface area contributed by atoms with E-state index in [2.05, 4.69) is 38.3 Å². The first-order valence-corrected chi connectivity index (χ1v) is 5.02. The Hall–Kier alpha value is -1.30. The molecule has 0 saturated carbocycles. The molecule has 0 aromatic heterocycles. The molecular formula is C15H24. The lowest BCUT2D eigenvalue weighted by Crippen LogP contribution is -2.22. The van der Waals surface area contributed by atoms with Crippen molar-refractivity contribution in [3.63, 3.8) is 0 Å². The van der Waals surface area contributed by atoms with Crippen LogP contribution in [0.5, 0.6) is 0 Å². The monoisotopic (exact) mass is 204 g/mol. The van der Waals surface area contributed by atoms with E-state index in [4.69, 9.17) is 0 Å². The van der Waals surface area contributed by atoms with E-state index in [0.29, 0.717) is 0 Å². The van der Waals surface area contributed by atoms with Crippen molar-refractivity contribution in [1.82, 2.24) is 0 Å². The highest BCUT2D eigenvalue weighted by Crippen LogP contribution is 1.89. The van der Waals surface area contributed by atoms with E-state index >= 15 is 0 Å². The van der Waals surface area contributed by atoms with Crippen LogP contribution in [0.4, 0.5) is 0 Å². The van der Waals surface area contributed by atoms with Crippen molar-refractivity contribution in [3.8, 4) is 0 Å². The van der Waals surface area contributed by atoms with Crippen LogP contribution in [0, 0.1) is 6.92 Å². The molecule has 15 heavy (non-hydrogen) atoms. The summed E-state index contributed by atoms with van der Waals surface area (Å²) in [6.07, 6.45) is 2.05. The average Bonchev–Trinajstić information content (AvgIpc) is 2.14. The summed E-state index contributed by atoms with van der Waals surface area (Å²) in [5.74, 6) is 0. The second-order valence-corrected chi connectivity index (χ2v) is 3.19. The lowest BCUT2D eigenvalue weighted by molar-refractivity contribution is 1.40. The lowest BCUT2D eigenvalue weighted by atomic mass is 10.1.